The van der Waals surface area contributed by atoms with Crippen molar-refractivity contribution in [2.45, 2.75) is 4.90 Å². The van der Waals surface area contributed by atoms with Gasteiger partial charge in [0, 0.05) is 28.4 Å². The normalized spacial score (nSPS) is 10.3. The summed E-state index contributed by atoms with van der Waals surface area (Å²) >= 11 is 0.958. The van der Waals surface area contributed by atoms with Gasteiger partial charge >= 0.3 is 0 Å². The summed E-state index contributed by atoms with van der Waals surface area (Å²) in [5.74, 6) is -1.45. The summed E-state index contributed by atoms with van der Waals surface area (Å²) in [5, 5.41) is 13.9. The molecule has 0 radical (unpaired) electrons. The second-order valence-corrected chi connectivity index (χ2v) is 7.43. The largest absolute Gasteiger partial charge is 0.366 e. The molecule has 0 saturated heterocycles. The number of hydrogen-bond acceptors (Lipinski definition) is 6. The van der Waals surface area contributed by atoms with Gasteiger partial charge in [0.2, 0.25) is 11.8 Å². The summed E-state index contributed by atoms with van der Waals surface area (Å²) in [6.45, 7) is 0. The number of nitrogens with one attached hydrogen (secondary N) is 1. The highest BCUT2D eigenvalue weighted by Gasteiger charge is 2.18. The molecule has 0 aliphatic rings. The Balaban J connectivity index is 1.67. The molecule has 0 fully saturated rings. The lowest BCUT2D eigenvalue weighted by atomic mass is 10.0. The first-order valence-electron chi connectivity index (χ1n) is 9.06. The molecule has 0 spiro atoms. The summed E-state index contributed by atoms with van der Waals surface area (Å²) < 4.78 is 0. The quantitative estimate of drug-likeness (QED) is 0.240. The third kappa shape index (κ3) is 5.55. The number of ketones is 1. The number of nitrogens with zero attached hydrogens (tertiary/aromatic N) is 1. The van der Waals surface area contributed by atoms with Gasteiger partial charge in [-0.15, -0.1) is 11.8 Å². The summed E-state index contributed by atoms with van der Waals surface area (Å²) in [7, 11) is 0. The van der Waals surface area contributed by atoms with Crippen LogP contribution in [-0.2, 0) is 4.79 Å². The lowest BCUT2D eigenvalue weighted by molar-refractivity contribution is -0.387. The summed E-state index contributed by atoms with van der Waals surface area (Å²) in [5.41, 5.74) is 6.26. The van der Waals surface area contributed by atoms with E-state index in [-0.39, 0.29) is 27.7 Å². The van der Waals surface area contributed by atoms with Crippen LogP contribution in [0, 0.1) is 10.1 Å². The van der Waals surface area contributed by atoms with E-state index >= 15 is 0 Å². The number of benzene rings is 3. The zero-order valence-corrected chi connectivity index (χ0v) is 16.9. The second-order valence-electron chi connectivity index (χ2n) is 6.42. The Hall–Kier alpha value is -3.98. The van der Waals surface area contributed by atoms with Crippen LogP contribution in [0.15, 0.2) is 77.7 Å². The van der Waals surface area contributed by atoms with Gasteiger partial charge in [0.15, 0.2) is 5.78 Å². The third-order valence-corrected chi connectivity index (χ3v) is 5.31. The van der Waals surface area contributed by atoms with E-state index in [1.165, 1.54) is 12.1 Å². The predicted octanol–water partition coefficient (Wildman–Crippen LogP) is 3.66. The van der Waals surface area contributed by atoms with Gasteiger partial charge in [0.25, 0.3) is 5.69 Å². The van der Waals surface area contributed by atoms with Crippen LogP contribution < -0.4 is 11.1 Å². The van der Waals surface area contributed by atoms with Gasteiger partial charge in [0.1, 0.15) is 0 Å². The minimum absolute atomic E-state index is 0.0143. The molecular formula is C22H17N3O5S. The van der Waals surface area contributed by atoms with Crippen LogP contribution in [0.25, 0.3) is 0 Å². The molecule has 8 nitrogen and oxygen atoms in total. The second kappa shape index (κ2) is 9.68. The molecule has 9 heteroatoms. The Morgan fingerprint density at radius 1 is 0.903 bits per heavy atom. The fourth-order valence-corrected chi connectivity index (χ4v) is 3.57. The maximum atomic E-state index is 12.6. The van der Waals surface area contributed by atoms with E-state index in [9.17, 15) is 24.5 Å². The smallest absolute Gasteiger partial charge is 0.283 e. The van der Waals surface area contributed by atoms with Crippen molar-refractivity contribution >= 4 is 40.7 Å². The molecule has 0 heterocycles. The van der Waals surface area contributed by atoms with E-state index in [2.05, 4.69) is 5.32 Å². The van der Waals surface area contributed by atoms with Crippen LogP contribution in [0.1, 0.15) is 26.3 Å². The Kier molecular flexibility index (Phi) is 6.78. The van der Waals surface area contributed by atoms with E-state index in [0.717, 1.165) is 17.8 Å². The highest BCUT2D eigenvalue weighted by molar-refractivity contribution is 8.00. The van der Waals surface area contributed by atoms with E-state index in [0.29, 0.717) is 16.8 Å². The molecule has 3 N–H and O–H groups in total. The van der Waals surface area contributed by atoms with Crippen LogP contribution in [0.2, 0.25) is 0 Å². The van der Waals surface area contributed by atoms with Crippen molar-refractivity contribution in [3.8, 4) is 0 Å². The fraction of sp³-hybridized carbons (Fsp3) is 0.0455. The van der Waals surface area contributed by atoms with Crippen LogP contribution >= 0.6 is 11.8 Å². The average molecular weight is 435 g/mol. The Morgan fingerprint density at radius 2 is 1.61 bits per heavy atom. The Morgan fingerprint density at radius 3 is 2.29 bits per heavy atom. The van der Waals surface area contributed by atoms with Gasteiger partial charge in [-0.25, -0.2) is 0 Å². The van der Waals surface area contributed by atoms with Crippen molar-refractivity contribution in [1.29, 1.82) is 0 Å². The molecule has 0 bridgehead atoms. The summed E-state index contributed by atoms with van der Waals surface area (Å²) in [6.07, 6.45) is 0. The molecule has 0 aliphatic carbocycles. The number of nitrogens with two attached hydrogens (primary N) is 1. The monoisotopic (exact) mass is 435 g/mol. The van der Waals surface area contributed by atoms with Crippen molar-refractivity contribution in [3.63, 3.8) is 0 Å². The summed E-state index contributed by atoms with van der Waals surface area (Å²) in [6, 6.07) is 19.1. The van der Waals surface area contributed by atoms with Crippen molar-refractivity contribution in [3.05, 3.63) is 99.6 Å². The maximum Gasteiger partial charge on any atom is 0.283 e. The number of thioether (sulfide) groups is 1. The third-order valence-electron chi connectivity index (χ3n) is 4.24. The standard InChI is InChI=1S/C22H17N3O5S/c23-22(28)16-9-10-19(18(12-16)25(29)30)31-13-20(26)24-17-8-4-7-15(11-17)21(27)14-5-2-1-3-6-14/h1-12H,13H2,(H2,23,28)(H,24,26). The first kappa shape index (κ1) is 21.7. The topological polar surface area (TPSA) is 132 Å². The number of nitro groups is 1. The van der Waals surface area contributed by atoms with Gasteiger partial charge in [-0.1, -0.05) is 42.5 Å². The van der Waals surface area contributed by atoms with Crippen molar-refractivity contribution in [1.82, 2.24) is 0 Å². The number of rotatable bonds is 8. The molecule has 156 valence electrons. The number of hydrogen-bond donors (Lipinski definition) is 2. The molecular weight excluding hydrogens is 418 g/mol. The van der Waals surface area contributed by atoms with Gasteiger partial charge in [-0.2, -0.15) is 0 Å². The van der Waals surface area contributed by atoms with Gasteiger partial charge < -0.3 is 11.1 Å². The van der Waals surface area contributed by atoms with Crippen LogP contribution in [0.4, 0.5) is 11.4 Å². The first-order chi connectivity index (χ1) is 14.8. The highest BCUT2D eigenvalue weighted by atomic mass is 32.2. The van der Waals surface area contributed by atoms with Crippen LogP contribution in [-0.4, -0.2) is 28.3 Å². The average Bonchev–Trinajstić information content (AvgIpc) is 2.77. The van der Waals surface area contributed by atoms with Gasteiger partial charge in [-0.3, -0.25) is 24.5 Å². The number of carbonyl (C=O) groups excluding carboxylic acids is 3. The lowest BCUT2D eigenvalue weighted by Crippen LogP contribution is -2.15. The van der Waals surface area contributed by atoms with Crippen LogP contribution in [0.5, 0.6) is 0 Å². The number of carbonyl (C=O) groups is 3. The number of nitro benzene ring substituents is 1. The fourth-order valence-electron chi connectivity index (χ4n) is 2.77. The number of primary amides is 1. The maximum absolute atomic E-state index is 12.6. The lowest BCUT2D eigenvalue weighted by Gasteiger charge is -2.08. The Labute approximate surface area is 181 Å². The van der Waals surface area contributed by atoms with E-state index < -0.39 is 16.7 Å². The van der Waals surface area contributed by atoms with E-state index in [4.69, 9.17) is 5.73 Å². The van der Waals surface area contributed by atoms with Crippen molar-refractivity contribution in [2.24, 2.45) is 5.73 Å². The molecule has 3 rings (SSSR count). The van der Waals surface area contributed by atoms with E-state index in [1.807, 2.05) is 6.07 Å². The molecule has 0 aromatic heterocycles. The van der Waals surface area contributed by atoms with Crippen molar-refractivity contribution in [2.75, 3.05) is 11.1 Å². The summed E-state index contributed by atoms with van der Waals surface area (Å²) in [4.78, 5) is 47.0. The molecule has 2 amide bonds. The van der Waals surface area contributed by atoms with Crippen molar-refractivity contribution < 1.29 is 19.3 Å². The Bertz CT molecular complexity index is 1160. The molecule has 31 heavy (non-hydrogen) atoms. The highest BCUT2D eigenvalue weighted by Crippen LogP contribution is 2.30. The molecule has 0 unspecified atom stereocenters. The van der Waals surface area contributed by atoms with Gasteiger partial charge in [0.05, 0.1) is 15.6 Å². The molecule has 0 aliphatic heterocycles. The minimum Gasteiger partial charge on any atom is -0.366 e. The SMILES string of the molecule is NC(=O)c1ccc(SCC(=O)Nc2cccc(C(=O)c3ccccc3)c2)c([N+](=O)[O-])c1. The van der Waals surface area contributed by atoms with Gasteiger partial charge in [-0.05, 0) is 24.3 Å². The molecule has 3 aromatic carbocycles. The predicted molar refractivity (Wildman–Crippen MR) is 117 cm³/mol. The minimum atomic E-state index is -0.776. The molecule has 3 aromatic rings. The zero-order valence-electron chi connectivity index (χ0n) is 16.1. The van der Waals surface area contributed by atoms with Crippen LogP contribution in [0.3, 0.4) is 0 Å². The molecule has 0 atom stereocenters. The number of amides is 2. The number of anilines is 1. The first-order valence-corrected chi connectivity index (χ1v) is 10.0. The molecule has 0 saturated carbocycles. The van der Waals surface area contributed by atoms with E-state index in [1.54, 1.807) is 48.5 Å². The zero-order chi connectivity index (χ0) is 22.4.